The quantitative estimate of drug-likeness (QED) is 0.417. The van der Waals surface area contributed by atoms with Crippen LogP contribution < -0.4 is 5.32 Å². The first-order chi connectivity index (χ1) is 15.4. The van der Waals surface area contributed by atoms with Gasteiger partial charge in [-0.1, -0.05) is 24.8 Å². The summed E-state index contributed by atoms with van der Waals surface area (Å²) in [4.78, 5) is 40.4. The molecule has 1 N–H and O–H groups in total. The van der Waals surface area contributed by atoms with E-state index in [4.69, 9.17) is 4.74 Å². The van der Waals surface area contributed by atoms with E-state index in [1.54, 1.807) is 19.1 Å². The molecular weight excluding hydrogens is 416 g/mol. The van der Waals surface area contributed by atoms with Crippen LogP contribution in [0.25, 0.3) is 10.8 Å². The van der Waals surface area contributed by atoms with Gasteiger partial charge >= 0.3 is 5.97 Å². The Morgan fingerprint density at radius 3 is 2.27 bits per heavy atom. The normalized spacial score (nSPS) is 19.6. The minimum absolute atomic E-state index is 0.180. The number of nitrogens with one attached hydrogen (secondary N) is 1. The van der Waals surface area contributed by atoms with Gasteiger partial charge in [0.2, 0.25) is 0 Å². The van der Waals surface area contributed by atoms with Crippen LogP contribution >= 0.6 is 0 Å². The van der Waals surface area contributed by atoms with Crippen molar-refractivity contribution in [2.24, 2.45) is 0 Å². The molecule has 6 nitrogen and oxygen atoms in total. The summed E-state index contributed by atoms with van der Waals surface area (Å²) in [6, 6.07) is 9.11. The highest BCUT2D eigenvalue weighted by Crippen LogP contribution is 2.38. The highest BCUT2D eigenvalue weighted by atomic mass is 16.5. The number of amides is 2. The summed E-state index contributed by atoms with van der Waals surface area (Å²) >= 11 is 0. The van der Waals surface area contributed by atoms with E-state index in [1.807, 2.05) is 18.2 Å². The summed E-state index contributed by atoms with van der Waals surface area (Å²) in [7, 11) is 0. The maximum absolute atomic E-state index is 13.6. The average molecular weight is 449 g/mol. The summed E-state index contributed by atoms with van der Waals surface area (Å²) in [5.74, 6) is -0.892. The second kappa shape index (κ2) is 8.10. The van der Waals surface area contributed by atoms with Crippen LogP contribution in [0.1, 0.15) is 73.7 Å². The Morgan fingerprint density at radius 1 is 1.06 bits per heavy atom. The lowest BCUT2D eigenvalue weighted by Gasteiger charge is -2.49. The molecule has 33 heavy (non-hydrogen) atoms. The minimum atomic E-state index is -0.424. The number of ether oxygens (including phenoxy) is 1. The molecule has 2 aromatic rings. The summed E-state index contributed by atoms with van der Waals surface area (Å²) < 4.78 is 5.25. The van der Waals surface area contributed by atoms with E-state index in [1.165, 1.54) is 4.90 Å². The van der Waals surface area contributed by atoms with Crippen LogP contribution in [0.3, 0.4) is 0 Å². The first-order valence-corrected chi connectivity index (χ1v) is 11.4. The first-order valence-electron chi connectivity index (χ1n) is 11.4. The lowest BCUT2D eigenvalue weighted by Crippen LogP contribution is -2.63. The van der Waals surface area contributed by atoms with E-state index in [9.17, 15) is 14.4 Å². The molecule has 1 fully saturated rings. The molecule has 174 valence electrons. The van der Waals surface area contributed by atoms with Gasteiger partial charge in [0.1, 0.15) is 0 Å². The SMILES string of the molecule is C=C(C)C(=O)OCCc1ccc2c3c(cccc13)C(=O)N(C1CC(C)(C)NC(C)(C)C1)C2=O. The predicted molar refractivity (Wildman–Crippen MR) is 128 cm³/mol. The Balaban J connectivity index is 1.69. The second-order valence-electron chi connectivity index (χ2n) is 10.6. The maximum atomic E-state index is 13.6. The van der Waals surface area contributed by atoms with Gasteiger partial charge in [0, 0.05) is 45.6 Å². The molecule has 1 saturated heterocycles. The molecule has 2 aromatic carbocycles. The van der Waals surface area contributed by atoms with Crippen molar-refractivity contribution in [1.29, 1.82) is 0 Å². The van der Waals surface area contributed by atoms with Crippen LogP contribution in [0.15, 0.2) is 42.5 Å². The number of imide groups is 1. The van der Waals surface area contributed by atoms with Crippen molar-refractivity contribution < 1.29 is 19.1 Å². The highest BCUT2D eigenvalue weighted by Gasteiger charge is 2.45. The molecule has 2 heterocycles. The van der Waals surface area contributed by atoms with Crippen LogP contribution in [0.4, 0.5) is 0 Å². The molecule has 0 aromatic heterocycles. The van der Waals surface area contributed by atoms with Gasteiger partial charge in [0.25, 0.3) is 11.8 Å². The Bertz CT molecular complexity index is 1140. The van der Waals surface area contributed by atoms with E-state index < -0.39 is 5.97 Å². The molecule has 2 aliphatic heterocycles. The third-order valence-electron chi connectivity index (χ3n) is 6.52. The van der Waals surface area contributed by atoms with Crippen molar-refractivity contribution in [1.82, 2.24) is 10.2 Å². The van der Waals surface area contributed by atoms with E-state index in [-0.39, 0.29) is 35.5 Å². The van der Waals surface area contributed by atoms with E-state index in [0.29, 0.717) is 41.3 Å². The molecule has 2 aliphatic rings. The van der Waals surface area contributed by atoms with E-state index in [2.05, 4.69) is 39.6 Å². The van der Waals surface area contributed by atoms with Gasteiger partial charge in [-0.05, 0) is 70.5 Å². The van der Waals surface area contributed by atoms with Crippen molar-refractivity contribution in [2.75, 3.05) is 6.61 Å². The molecule has 0 radical (unpaired) electrons. The first kappa shape index (κ1) is 23.2. The van der Waals surface area contributed by atoms with Crippen molar-refractivity contribution >= 4 is 28.6 Å². The fraction of sp³-hybridized carbons (Fsp3) is 0.444. The number of hydrogen-bond acceptors (Lipinski definition) is 5. The average Bonchev–Trinajstić information content (AvgIpc) is 2.70. The Kier molecular flexibility index (Phi) is 5.69. The smallest absolute Gasteiger partial charge is 0.333 e. The third-order valence-corrected chi connectivity index (χ3v) is 6.52. The molecule has 0 spiro atoms. The monoisotopic (exact) mass is 448 g/mol. The number of piperidine rings is 1. The zero-order valence-corrected chi connectivity index (χ0v) is 20.1. The molecule has 0 atom stereocenters. The zero-order chi connectivity index (χ0) is 24.1. The fourth-order valence-electron chi connectivity index (χ4n) is 5.55. The molecule has 6 heteroatoms. The molecule has 0 bridgehead atoms. The lowest BCUT2D eigenvalue weighted by atomic mass is 9.78. The number of hydrogen-bond donors (Lipinski definition) is 1. The zero-order valence-electron chi connectivity index (χ0n) is 20.1. The predicted octanol–water partition coefficient (Wildman–Crippen LogP) is 4.41. The standard InChI is InChI=1S/C27H32N2O4/c1-16(2)25(32)33-13-12-17-10-11-21-22-19(17)8-7-9-20(22)23(30)29(24(21)31)18-14-26(3,4)28-27(5,6)15-18/h7-11,18,28H,1,12-15H2,2-6H3. The fourth-order valence-corrected chi connectivity index (χ4v) is 5.55. The second-order valence-corrected chi connectivity index (χ2v) is 10.6. The molecular formula is C27H32N2O4. The number of nitrogens with zero attached hydrogens (tertiary/aromatic N) is 1. The van der Waals surface area contributed by atoms with Gasteiger partial charge in [-0.3, -0.25) is 14.5 Å². The maximum Gasteiger partial charge on any atom is 0.333 e. The Morgan fingerprint density at radius 2 is 1.67 bits per heavy atom. The van der Waals surface area contributed by atoms with Crippen LogP contribution in [-0.2, 0) is 16.0 Å². The van der Waals surface area contributed by atoms with Crippen molar-refractivity contribution in [3.63, 3.8) is 0 Å². The largest absolute Gasteiger partial charge is 0.462 e. The third kappa shape index (κ3) is 4.32. The van der Waals surface area contributed by atoms with Crippen molar-refractivity contribution in [3.8, 4) is 0 Å². The molecule has 2 amide bonds. The van der Waals surface area contributed by atoms with Crippen LogP contribution in [0.5, 0.6) is 0 Å². The highest BCUT2D eigenvalue weighted by molar-refractivity contribution is 6.26. The van der Waals surface area contributed by atoms with Gasteiger partial charge in [-0.25, -0.2) is 4.79 Å². The van der Waals surface area contributed by atoms with Crippen LogP contribution in [0.2, 0.25) is 0 Å². The van der Waals surface area contributed by atoms with Gasteiger partial charge in [-0.2, -0.15) is 0 Å². The number of carbonyl (C=O) groups excluding carboxylic acids is 3. The lowest BCUT2D eigenvalue weighted by molar-refractivity contribution is -0.138. The summed E-state index contributed by atoms with van der Waals surface area (Å²) in [5.41, 5.74) is 2.01. The number of rotatable bonds is 5. The van der Waals surface area contributed by atoms with Crippen LogP contribution in [0, 0.1) is 0 Å². The van der Waals surface area contributed by atoms with Crippen molar-refractivity contribution in [2.45, 2.75) is 71.0 Å². The van der Waals surface area contributed by atoms with Gasteiger partial charge in [0.15, 0.2) is 0 Å². The Hall–Kier alpha value is -2.99. The molecule has 0 unspecified atom stereocenters. The number of esters is 1. The molecule has 0 aliphatic carbocycles. The summed E-state index contributed by atoms with van der Waals surface area (Å²) in [6.07, 6.45) is 1.89. The van der Waals surface area contributed by atoms with E-state index >= 15 is 0 Å². The van der Waals surface area contributed by atoms with Gasteiger partial charge < -0.3 is 10.1 Å². The van der Waals surface area contributed by atoms with Gasteiger partial charge in [-0.15, -0.1) is 0 Å². The van der Waals surface area contributed by atoms with Crippen LogP contribution in [-0.4, -0.2) is 46.4 Å². The molecule has 0 saturated carbocycles. The topological polar surface area (TPSA) is 75.7 Å². The minimum Gasteiger partial charge on any atom is -0.462 e. The van der Waals surface area contributed by atoms with Crippen molar-refractivity contribution in [3.05, 3.63) is 59.2 Å². The van der Waals surface area contributed by atoms with E-state index in [0.717, 1.165) is 10.9 Å². The number of carbonyl (C=O) groups is 3. The Labute approximate surface area is 195 Å². The summed E-state index contributed by atoms with van der Waals surface area (Å²) in [6.45, 7) is 13.9. The molecule has 4 rings (SSSR count). The number of benzene rings is 2. The summed E-state index contributed by atoms with van der Waals surface area (Å²) in [5, 5.41) is 5.17. The van der Waals surface area contributed by atoms with Gasteiger partial charge in [0.05, 0.1) is 6.61 Å².